The summed E-state index contributed by atoms with van der Waals surface area (Å²) in [6.07, 6.45) is 1.38. The third kappa shape index (κ3) is 3.37. The number of nitrogens with two attached hydrogens (primary N) is 1. The van der Waals surface area contributed by atoms with Gasteiger partial charge in [-0.25, -0.2) is 8.42 Å². The molecule has 1 aromatic rings. The van der Waals surface area contributed by atoms with Gasteiger partial charge in [-0.15, -0.1) is 0 Å². The van der Waals surface area contributed by atoms with Gasteiger partial charge in [-0.05, 0) is 37.1 Å². The third-order valence-electron chi connectivity index (χ3n) is 3.89. The normalized spacial score (nSPS) is 24.0. The Labute approximate surface area is 125 Å². The lowest BCUT2D eigenvalue weighted by molar-refractivity contribution is 0.0401. The maximum absolute atomic E-state index is 12.7. The molecule has 1 aromatic carbocycles. The van der Waals surface area contributed by atoms with Crippen LogP contribution in [0.15, 0.2) is 29.2 Å². The van der Waals surface area contributed by atoms with Crippen molar-refractivity contribution >= 4 is 10.0 Å². The van der Waals surface area contributed by atoms with Gasteiger partial charge in [-0.3, -0.25) is 0 Å². The van der Waals surface area contributed by atoms with Crippen molar-refractivity contribution in [2.24, 2.45) is 5.73 Å². The van der Waals surface area contributed by atoms with E-state index in [2.05, 4.69) is 0 Å². The van der Waals surface area contributed by atoms with Gasteiger partial charge in [0.05, 0.1) is 18.1 Å². The molecule has 1 fully saturated rings. The van der Waals surface area contributed by atoms with E-state index in [1.54, 1.807) is 38.5 Å². The average Bonchev–Trinajstić information content (AvgIpc) is 2.54. The Hall–Kier alpha value is -1.15. The molecule has 1 saturated heterocycles. The van der Waals surface area contributed by atoms with Crippen molar-refractivity contribution in [3.05, 3.63) is 24.3 Å². The number of ether oxygens (including phenoxy) is 2. The predicted molar refractivity (Wildman–Crippen MR) is 79.8 cm³/mol. The van der Waals surface area contributed by atoms with Crippen LogP contribution in [0.1, 0.15) is 12.8 Å². The fourth-order valence-corrected chi connectivity index (χ4v) is 4.28. The summed E-state index contributed by atoms with van der Waals surface area (Å²) in [7, 11) is -0.348. The molecule has 7 heteroatoms. The summed E-state index contributed by atoms with van der Waals surface area (Å²) in [5, 5.41) is 0. The van der Waals surface area contributed by atoms with E-state index < -0.39 is 10.0 Å². The van der Waals surface area contributed by atoms with Gasteiger partial charge < -0.3 is 15.2 Å². The lowest BCUT2D eigenvalue weighted by Crippen LogP contribution is -2.51. The monoisotopic (exact) mass is 314 g/mol. The smallest absolute Gasteiger partial charge is 0.243 e. The Kier molecular flexibility index (Phi) is 5.21. The Balaban J connectivity index is 2.25. The van der Waals surface area contributed by atoms with E-state index in [9.17, 15) is 8.42 Å². The standard InChI is InChI=1S/C14H22N2O4S/c1-19-12-3-5-14(6-4-12)21(17,18)16-8-7-13(20-2)9-11(16)10-15/h3-6,11,13H,7-10,15H2,1-2H3. The second-order valence-electron chi connectivity index (χ2n) is 5.06. The lowest BCUT2D eigenvalue weighted by atomic mass is 10.0. The first-order valence-electron chi connectivity index (χ1n) is 6.91. The SMILES string of the molecule is COc1ccc(S(=O)(=O)N2CCC(OC)CC2CN)cc1. The van der Waals surface area contributed by atoms with Gasteiger partial charge in [0.25, 0.3) is 0 Å². The highest BCUT2D eigenvalue weighted by Crippen LogP contribution is 2.27. The molecule has 118 valence electrons. The van der Waals surface area contributed by atoms with Crippen molar-refractivity contribution in [2.45, 2.75) is 29.9 Å². The van der Waals surface area contributed by atoms with Crippen molar-refractivity contribution in [3.8, 4) is 5.75 Å². The van der Waals surface area contributed by atoms with Crippen molar-refractivity contribution < 1.29 is 17.9 Å². The number of hydrogen-bond donors (Lipinski definition) is 1. The molecule has 1 aliphatic rings. The van der Waals surface area contributed by atoms with E-state index in [1.165, 1.54) is 4.31 Å². The molecule has 1 aliphatic heterocycles. The largest absolute Gasteiger partial charge is 0.497 e. The van der Waals surface area contributed by atoms with Crippen LogP contribution in [0.25, 0.3) is 0 Å². The predicted octanol–water partition coefficient (Wildman–Crippen LogP) is 0.822. The van der Waals surface area contributed by atoms with Gasteiger partial charge in [0.15, 0.2) is 0 Å². The topological polar surface area (TPSA) is 81.9 Å². The molecule has 0 spiro atoms. The zero-order chi connectivity index (χ0) is 15.5. The summed E-state index contributed by atoms with van der Waals surface area (Å²) in [6, 6.07) is 6.18. The number of hydrogen-bond acceptors (Lipinski definition) is 5. The first kappa shape index (κ1) is 16.2. The summed E-state index contributed by atoms with van der Waals surface area (Å²) < 4.78 is 37.4. The molecule has 2 rings (SSSR count). The first-order valence-corrected chi connectivity index (χ1v) is 8.35. The van der Waals surface area contributed by atoms with E-state index >= 15 is 0 Å². The number of rotatable bonds is 5. The minimum Gasteiger partial charge on any atom is -0.497 e. The molecule has 2 N–H and O–H groups in total. The molecular formula is C14H22N2O4S. The second-order valence-corrected chi connectivity index (χ2v) is 6.95. The number of benzene rings is 1. The van der Waals surface area contributed by atoms with Gasteiger partial charge >= 0.3 is 0 Å². The van der Waals surface area contributed by atoms with E-state index in [0.29, 0.717) is 25.1 Å². The van der Waals surface area contributed by atoms with E-state index in [-0.39, 0.29) is 23.6 Å². The minimum absolute atomic E-state index is 0.0702. The van der Waals surface area contributed by atoms with Crippen LogP contribution in [0.5, 0.6) is 5.75 Å². The Morgan fingerprint density at radius 2 is 1.95 bits per heavy atom. The maximum atomic E-state index is 12.7. The number of piperidine rings is 1. The molecule has 2 atom stereocenters. The zero-order valence-electron chi connectivity index (χ0n) is 12.4. The zero-order valence-corrected chi connectivity index (χ0v) is 13.2. The van der Waals surface area contributed by atoms with Gasteiger partial charge in [-0.1, -0.05) is 0 Å². The van der Waals surface area contributed by atoms with Crippen LogP contribution in [0.4, 0.5) is 0 Å². The van der Waals surface area contributed by atoms with Gasteiger partial charge in [0.1, 0.15) is 5.75 Å². The highest BCUT2D eigenvalue weighted by atomic mass is 32.2. The quantitative estimate of drug-likeness (QED) is 0.870. The lowest BCUT2D eigenvalue weighted by Gasteiger charge is -2.37. The van der Waals surface area contributed by atoms with Gasteiger partial charge in [0.2, 0.25) is 10.0 Å². The molecular weight excluding hydrogens is 292 g/mol. The van der Waals surface area contributed by atoms with Crippen LogP contribution in [-0.2, 0) is 14.8 Å². The Morgan fingerprint density at radius 1 is 1.29 bits per heavy atom. The van der Waals surface area contributed by atoms with Crippen LogP contribution in [0.3, 0.4) is 0 Å². The maximum Gasteiger partial charge on any atom is 0.243 e. The fraction of sp³-hybridized carbons (Fsp3) is 0.571. The van der Waals surface area contributed by atoms with E-state index in [4.69, 9.17) is 15.2 Å². The van der Waals surface area contributed by atoms with Crippen LogP contribution in [-0.4, -0.2) is 52.2 Å². The fourth-order valence-electron chi connectivity index (χ4n) is 2.62. The number of methoxy groups -OCH3 is 2. The minimum atomic E-state index is -3.54. The molecule has 6 nitrogen and oxygen atoms in total. The van der Waals surface area contributed by atoms with Crippen molar-refractivity contribution in [1.29, 1.82) is 0 Å². The molecule has 0 saturated carbocycles. The number of nitrogens with zero attached hydrogens (tertiary/aromatic N) is 1. The highest BCUT2D eigenvalue weighted by molar-refractivity contribution is 7.89. The Morgan fingerprint density at radius 3 is 2.48 bits per heavy atom. The third-order valence-corrected chi connectivity index (χ3v) is 5.85. The summed E-state index contributed by atoms with van der Waals surface area (Å²) in [5.74, 6) is 0.627. The van der Waals surface area contributed by atoms with E-state index in [1.807, 2.05) is 0 Å². The summed E-state index contributed by atoms with van der Waals surface area (Å²) in [6.45, 7) is 0.712. The number of sulfonamides is 1. The van der Waals surface area contributed by atoms with Crippen LogP contribution in [0.2, 0.25) is 0 Å². The Bertz CT molecular complexity index is 559. The van der Waals surface area contributed by atoms with Crippen LogP contribution in [0, 0.1) is 0 Å². The summed E-state index contributed by atoms with van der Waals surface area (Å²) in [4.78, 5) is 0.262. The molecule has 1 heterocycles. The van der Waals surface area contributed by atoms with Crippen molar-refractivity contribution in [1.82, 2.24) is 4.31 Å². The second kappa shape index (κ2) is 6.74. The molecule has 0 bridgehead atoms. The summed E-state index contributed by atoms with van der Waals surface area (Å²) >= 11 is 0. The molecule has 0 amide bonds. The van der Waals surface area contributed by atoms with Crippen LogP contribution >= 0.6 is 0 Å². The molecule has 0 aliphatic carbocycles. The highest BCUT2D eigenvalue weighted by Gasteiger charge is 2.36. The molecule has 21 heavy (non-hydrogen) atoms. The van der Waals surface area contributed by atoms with Gasteiger partial charge in [0, 0.05) is 26.2 Å². The molecule has 0 aromatic heterocycles. The van der Waals surface area contributed by atoms with Crippen molar-refractivity contribution in [3.63, 3.8) is 0 Å². The van der Waals surface area contributed by atoms with Crippen LogP contribution < -0.4 is 10.5 Å². The first-order chi connectivity index (χ1) is 10.0. The summed E-state index contributed by atoms with van der Waals surface area (Å²) in [5.41, 5.74) is 5.75. The molecule has 0 radical (unpaired) electrons. The van der Waals surface area contributed by atoms with E-state index in [0.717, 1.165) is 0 Å². The van der Waals surface area contributed by atoms with Crippen molar-refractivity contribution in [2.75, 3.05) is 27.3 Å². The van der Waals surface area contributed by atoms with Gasteiger partial charge in [-0.2, -0.15) is 4.31 Å². The molecule has 2 unspecified atom stereocenters. The average molecular weight is 314 g/mol.